The minimum absolute atomic E-state index is 0.0304. The number of carbonyl (C=O) groups is 1. The molecule has 4 heteroatoms. The summed E-state index contributed by atoms with van der Waals surface area (Å²) in [6.45, 7) is 2.74. The average molecular weight is 384 g/mol. The molecule has 0 atom stereocenters. The molecular formula is C25H24N2O2. The molecule has 0 unspecified atom stereocenters. The van der Waals surface area contributed by atoms with Gasteiger partial charge in [0.05, 0.1) is 13.5 Å². The lowest BCUT2D eigenvalue weighted by atomic mass is 10.1. The van der Waals surface area contributed by atoms with Crippen LogP contribution in [0.3, 0.4) is 0 Å². The second kappa shape index (κ2) is 8.23. The Balaban J connectivity index is 1.56. The second-order valence-electron chi connectivity index (χ2n) is 7.19. The number of hydrogen-bond donors (Lipinski definition) is 1. The second-order valence-corrected chi connectivity index (χ2v) is 7.19. The molecule has 0 saturated heterocycles. The van der Waals surface area contributed by atoms with Gasteiger partial charge in [0, 0.05) is 29.3 Å². The summed E-state index contributed by atoms with van der Waals surface area (Å²) in [5, 5.41) is 4.12. The highest BCUT2D eigenvalue weighted by Gasteiger charge is 2.13. The number of anilines is 1. The number of amides is 1. The molecule has 0 aliphatic carbocycles. The summed E-state index contributed by atoms with van der Waals surface area (Å²) in [6.07, 6.45) is 2.42. The molecule has 0 spiro atoms. The van der Waals surface area contributed by atoms with Crippen molar-refractivity contribution in [3.8, 4) is 5.75 Å². The number of benzene rings is 3. The number of aromatic nitrogens is 1. The van der Waals surface area contributed by atoms with Gasteiger partial charge in [0.1, 0.15) is 5.75 Å². The van der Waals surface area contributed by atoms with Crippen LogP contribution in [0.4, 0.5) is 5.69 Å². The zero-order valence-corrected chi connectivity index (χ0v) is 16.7. The van der Waals surface area contributed by atoms with Crippen LogP contribution in [0.25, 0.3) is 10.9 Å². The Bertz CT molecular complexity index is 1150. The molecule has 4 nitrogen and oxygen atoms in total. The first kappa shape index (κ1) is 18.8. The predicted molar refractivity (Wildman–Crippen MR) is 118 cm³/mol. The van der Waals surface area contributed by atoms with Gasteiger partial charge < -0.3 is 14.6 Å². The van der Waals surface area contributed by atoms with Gasteiger partial charge in [0.15, 0.2) is 0 Å². The number of para-hydroxylation sites is 1. The fourth-order valence-corrected chi connectivity index (χ4v) is 3.71. The maximum Gasteiger partial charge on any atom is 0.228 e. The van der Waals surface area contributed by atoms with Crippen molar-refractivity contribution in [3.63, 3.8) is 0 Å². The van der Waals surface area contributed by atoms with Crippen LogP contribution in [0.5, 0.6) is 5.75 Å². The van der Waals surface area contributed by atoms with Crippen molar-refractivity contribution in [2.24, 2.45) is 0 Å². The van der Waals surface area contributed by atoms with Gasteiger partial charge in [0.25, 0.3) is 0 Å². The van der Waals surface area contributed by atoms with Gasteiger partial charge in [-0.3, -0.25) is 4.79 Å². The predicted octanol–water partition coefficient (Wildman–Crippen LogP) is 5.19. The highest BCUT2D eigenvalue weighted by molar-refractivity contribution is 5.96. The summed E-state index contributed by atoms with van der Waals surface area (Å²) in [7, 11) is 1.64. The summed E-state index contributed by atoms with van der Waals surface area (Å²) < 4.78 is 7.50. The normalized spacial score (nSPS) is 10.8. The summed E-state index contributed by atoms with van der Waals surface area (Å²) in [4.78, 5) is 12.7. The molecule has 146 valence electrons. The molecule has 0 aliphatic rings. The third-order valence-corrected chi connectivity index (χ3v) is 5.10. The summed E-state index contributed by atoms with van der Waals surface area (Å²) in [5.74, 6) is 0.782. The van der Waals surface area contributed by atoms with Gasteiger partial charge in [-0.1, -0.05) is 48.5 Å². The Hall–Kier alpha value is -3.53. The number of hydrogen-bond acceptors (Lipinski definition) is 2. The lowest BCUT2D eigenvalue weighted by Crippen LogP contribution is -2.14. The van der Waals surface area contributed by atoms with Crippen molar-refractivity contribution < 1.29 is 9.53 Å². The monoisotopic (exact) mass is 384 g/mol. The van der Waals surface area contributed by atoms with E-state index in [1.54, 1.807) is 7.11 Å². The number of nitrogens with zero attached hydrogens (tertiary/aromatic N) is 1. The number of carbonyl (C=O) groups excluding carboxylic acids is 1. The van der Waals surface area contributed by atoms with Crippen molar-refractivity contribution in [1.29, 1.82) is 0 Å². The topological polar surface area (TPSA) is 43.3 Å². The number of rotatable bonds is 6. The van der Waals surface area contributed by atoms with E-state index >= 15 is 0 Å². The van der Waals surface area contributed by atoms with E-state index in [0.29, 0.717) is 6.42 Å². The van der Waals surface area contributed by atoms with Crippen LogP contribution in [0.1, 0.15) is 16.7 Å². The fraction of sp³-hybridized carbons (Fsp3) is 0.160. The molecule has 0 aliphatic heterocycles. The maximum atomic E-state index is 12.7. The Morgan fingerprint density at radius 3 is 2.52 bits per heavy atom. The van der Waals surface area contributed by atoms with E-state index in [4.69, 9.17) is 4.74 Å². The van der Waals surface area contributed by atoms with Gasteiger partial charge in [-0.05, 0) is 47.9 Å². The van der Waals surface area contributed by atoms with Gasteiger partial charge in [-0.15, -0.1) is 0 Å². The van der Waals surface area contributed by atoms with Crippen LogP contribution < -0.4 is 10.1 Å². The Morgan fingerprint density at radius 2 is 1.76 bits per heavy atom. The SMILES string of the molecule is COc1ccc(NC(=O)Cc2cn(Cc3ccccc3)c3ccccc23)cc1C. The molecule has 1 N–H and O–H groups in total. The molecule has 1 amide bonds. The first-order chi connectivity index (χ1) is 14.1. The summed E-state index contributed by atoms with van der Waals surface area (Å²) in [6, 6.07) is 24.3. The molecule has 29 heavy (non-hydrogen) atoms. The van der Waals surface area contributed by atoms with E-state index in [2.05, 4.69) is 40.3 Å². The molecule has 1 heterocycles. The molecule has 4 aromatic rings. The number of ether oxygens (including phenoxy) is 1. The summed E-state index contributed by atoms with van der Waals surface area (Å²) in [5.41, 5.74) is 5.17. The van der Waals surface area contributed by atoms with Crippen LogP contribution in [0.2, 0.25) is 0 Å². The van der Waals surface area contributed by atoms with E-state index < -0.39 is 0 Å². The maximum absolute atomic E-state index is 12.7. The number of fused-ring (bicyclic) bond motifs is 1. The number of aryl methyl sites for hydroxylation is 1. The van der Waals surface area contributed by atoms with Gasteiger partial charge in [-0.25, -0.2) is 0 Å². The molecule has 4 rings (SSSR count). The Kier molecular flexibility index (Phi) is 5.34. The highest BCUT2D eigenvalue weighted by Crippen LogP contribution is 2.24. The molecule has 0 radical (unpaired) electrons. The zero-order chi connectivity index (χ0) is 20.2. The first-order valence-corrected chi connectivity index (χ1v) is 9.69. The van der Waals surface area contributed by atoms with Crippen molar-refractivity contribution in [2.45, 2.75) is 19.9 Å². The number of methoxy groups -OCH3 is 1. The van der Waals surface area contributed by atoms with Crippen molar-refractivity contribution in [3.05, 3.63) is 95.7 Å². The molecular weight excluding hydrogens is 360 g/mol. The van der Waals surface area contributed by atoms with E-state index in [1.165, 1.54) is 5.56 Å². The highest BCUT2D eigenvalue weighted by atomic mass is 16.5. The van der Waals surface area contributed by atoms with Crippen LogP contribution >= 0.6 is 0 Å². The smallest absolute Gasteiger partial charge is 0.228 e. The van der Waals surface area contributed by atoms with Gasteiger partial charge in [0.2, 0.25) is 5.91 Å². The largest absolute Gasteiger partial charge is 0.496 e. The Labute approximate surface area is 170 Å². The third-order valence-electron chi connectivity index (χ3n) is 5.10. The van der Waals surface area contributed by atoms with E-state index in [9.17, 15) is 4.79 Å². The average Bonchev–Trinajstić information content (AvgIpc) is 3.06. The molecule has 0 fully saturated rings. The van der Waals surface area contributed by atoms with Crippen LogP contribution in [0, 0.1) is 6.92 Å². The quantitative estimate of drug-likeness (QED) is 0.497. The van der Waals surface area contributed by atoms with Crippen LogP contribution in [-0.2, 0) is 17.8 Å². The van der Waals surface area contributed by atoms with E-state index in [-0.39, 0.29) is 5.91 Å². The zero-order valence-electron chi connectivity index (χ0n) is 16.7. The van der Waals surface area contributed by atoms with Crippen LogP contribution in [-0.4, -0.2) is 17.6 Å². The lowest BCUT2D eigenvalue weighted by molar-refractivity contribution is -0.115. The molecule has 0 saturated carbocycles. The minimum atomic E-state index is -0.0304. The number of nitrogens with one attached hydrogen (secondary N) is 1. The molecule has 1 aromatic heterocycles. The van der Waals surface area contributed by atoms with Gasteiger partial charge in [-0.2, -0.15) is 0 Å². The van der Waals surface area contributed by atoms with Crippen LogP contribution in [0.15, 0.2) is 79.0 Å². The van der Waals surface area contributed by atoms with Gasteiger partial charge >= 0.3 is 0 Å². The Morgan fingerprint density at radius 1 is 1.00 bits per heavy atom. The molecule has 3 aromatic carbocycles. The summed E-state index contributed by atoms with van der Waals surface area (Å²) >= 11 is 0. The van der Waals surface area contributed by atoms with Crippen molar-refractivity contribution in [1.82, 2.24) is 4.57 Å². The standard InChI is InChI=1S/C25H24N2O2/c1-18-14-21(12-13-24(18)29-2)26-25(28)15-20-17-27(16-19-8-4-3-5-9-19)23-11-7-6-10-22(20)23/h3-14,17H,15-16H2,1-2H3,(H,26,28). The van der Waals surface area contributed by atoms with Crippen molar-refractivity contribution in [2.75, 3.05) is 12.4 Å². The fourth-order valence-electron chi connectivity index (χ4n) is 3.71. The lowest BCUT2D eigenvalue weighted by Gasteiger charge is -2.09. The molecule has 0 bridgehead atoms. The first-order valence-electron chi connectivity index (χ1n) is 9.69. The van der Waals surface area contributed by atoms with E-state index in [0.717, 1.165) is 40.0 Å². The van der Waals surface area contributed by atoms with Crippen molar-refractivity contribution >= 4 is 22.5 Å². The minimum Gasteiger partial charge on any atom is -0.496 e. The van der Waals surface area contributed by atoms with E-state index in [1.807, 2.05) is 55.5 Å². The third kappa shape index (κ3) is 4.16.